The van der Waals surface area contributed by atoms with Crippen LogP contribution < -0.4 is 4.74 Å². The highest BCUT2D eigenvalue weighted by atomic mass is 16.5. The van der Waals surface area contributed by atoms with E-state index in [9.17, 15) is 0 Å². The van der Waals surface area contributed by atoms with Crippen LogP contribution in [0.2, 0.25) is 0 Å². The Balaban J connectivity index is 1.61. The van der Waals surface area contributed by atoms with Crippen molar-refractivity contribution in [3.8, 4) is 23.1 Å². The van der Waals surface area contributed by atoms with Gasteiger partial charge < -0.3 is 4.74 Å². The standard InChI is InChI=1S/C25H27NO/c1-2-24-12-18-10-19(13-24)15-25(14-18,16-24)21-8-9-23(27-17-26)22(11-21)20-6-4-3-5-7-20/h3-9,11,18-19H,2,10,12-16H2,1H3. The number of hydrogen-bond donors (Lipinski definition) is 0. The zero-order chi connectivity index (χ0) is 18.5. The minimum absolute atomic E-state index is 0.328. The average Bonchev–Trinajstić information content (AvgIpc) is 2.68. The van der Waals surface area contributed by atoms with Gasteiger partial charge in [0.25, 0.3) is 6.26 Å². The van der Waals surface area contributed by atoms with Crippen LogP contribution in [0.25, 0.3) is 11.1 Å². The molecule has 0 radical (unpaired) electrons. The van der Waals surface area contributed by atoms with E-state index in [1.165, 1.54) is 50.5 Å². The third-order valence-electron chi connectivity index (χ3n) is 7.76. The molecule has 6 rings (SSSR count). The van der Waals surface area contributed by atoms with Crippen molar-refractivity contribution in [3.05, 3.63) is 54.1 Å². The second-order valence-electron chi connectivity index (χ2n) is 9.37. The van der Waals surface area contributed by atoms with Crippen LogP contribution in [0, 0.1) is 28.8 Å². The lowest BCUT2D eigenvalue weighted by atomic mass is 9.42. The van der Waals surface area contributed by atoms with Crippen LogP contribution in [0.4, 0.5) is 0 Å². The summed E-state index contributed by atoms with van der Waals surface area (Å²) in [6.07, 6.45) is 11.6. The molecule has 27 heavy (non-hydrogen) atoms. The van der Waals surface area contributed by atoms with E-state index >= 15 is 0 Å². The van der Waals surface area contributed by atoms with Gasteiger partial charge in [0.15, 0.2) is 0 Å². The number of nitriles is 1. The van der Waals surface area contributed by atoms with E-state index in [4.69, 9.17) is 10.00 Å². The summed E-state index contributed by atoms with van der Waals surface area (Å²) in [5.41, 5.74) is 4.54. The Kier molecular flexibility index (Phi) is 3.83. The maximum absolute atomic E-state index is 9.08. The van der Waals surface area contributed by atoms with Crippen LogP contribution in [0.3, 0.4) is 0 Å². The smallest absolute Gasteiger partial charge is 0.292 e. The van der Waals surface area contributed by atoms with Gasteiger partial charge in [0, 0.05) is 5.56 Å². The molecule has 2 atom stereocenters. The molecule has 4 aliphatic carbocycles. The van der Waals surface area contributed by atoms with Crippen molar-refractivity contribution in [2.24, 2.45) is 17.3 Å². The second kappa shape index (κ2) is 6.13. The van der Waals surface area contributed by atoms with Crippen LogP contribution >= 0.6 is 0 Å². The molecule has 2 unspecified atom stereocenters. The molecule has 0 heterocycles. The monoisotopic (exact) mass is 357 g/mol. The van der Waals surface area contributed by atoms with Crippen LogP contribution in [-0.4, -0.2) is 0 Å². The van der Waals surface area contributed by atoms with E-state index in [-0.39, 0.29) is 0 Å². The molecule has 4 saturated carbocycles. The van der Waals surface area contributed by atoms with Crippen molar-refractivity contribution in [2.75, 3.05) is 0 Å². The SMILES string of the molecule is CCC12CC3CC(C1)CC(c1ccc(OC#N)c(-c4ccccc4)c1)(C3)C2. The lowest BCUT2D eigenvalue weighted by Crippen LogP contribution is -2.53. The number of rotatable bonds is 4. The van der Waals surface area contributed by atoms with Crippen molar-refractivity contribution in [1.29, 1.82) is 5.26 Å². The molecule has 4 fully saturated rings. The van der Waals surface area contributed by atoms with Gasteiger partial charge in [0.1, 0.15) is 5.75 Å². The van der Waals surface area contributed by atoms with Crippen molar-refractivity contribution in [1.82, 2.24) is 0 Å². The van der Waals surface area contributed by atoms with Gasteiger partial charge in [-0.15, -0.1) is 5.26 Å². The largest absolute Gasteiger partial charge is 0.387 e. The Morgan fingerprint density at radius 1 is 1.04 bits per heavy atom. The summed E-state index contributed by atoms with van der Waals surface area (Å²) >= 11 is 0. The Bertz CT molecular complexity index is 880. The quantitative estimate of drug-likeness (QED) is 0.588. The molecule has 0 saturated heterocycles. The third-order valence-corrected chi connectivity index (χ3v) is 7.76. The van der Waals surface area contributed by atoms with E-state index < -0.39 is 0 Å². The van der Waals surface area contributed by atoms with Crippen molar-refractivity contribution in [3.63, 3.8) is 0 Å². The highest BCUT2D eigenvalue weighted by molar-refractivity contribution is 5.71. The van der Waals surface area contributed by atoms with Gasteiger partial charge in [-0.1, -0.05) is 49.7 Å². The first-order valence-electron chi connectivity index (χ1n) is 10.4. The van der Waals surface area contributed by atoms with E-state index in [0.29, 0.717) is 16.6 Å². The van der Waals surface area contributed by atoms with E-state index in [2.05, 4.69) is 43.3 Å². The molecular formula is C25H27NO. The van der Waals surface area contributed by atoms with Gasteiger partial charge in [-0.05, 0) is 84.5 Å². The number of nitrogens with zero attached hydrogens (tertiary/aromatic N) is 1. The molecule has 2 aromatic rings. The molecule has 2 aromatic carbocycles. The van der Waals surface area contributed by atoms with Crippen LogP contribution in [-0.2, 0) is 5.41 Å². The molecule has 0 N–H and O–H groups in total. The summed E-state index contributed by atoms with van der Waals surface area (Å²) in [4.78, 5) is 0. The van der Waals surface area contributed by atoms with Gasteiger partial charge in [0.2, 0.25) is 0 Å². The van der Waals surface area contributed by atoms with Crippen LogP contribution in [0.1, 0.15) is 57.4 Å². The molecule has 4 aliphatic rings. The number of benzene rings is 2. The second-order valence-corrected chi connectivity index (χ2v) is 9.37. The molecule has 138 valence electrons. The van der Waals surface area contributed by atoms with Gasteiger partial charge in [-0.25, -0.2) is 0 Å². The van der Waals surface area contributed by atoms with Crippen LogP contribution in [0.15, 0.2) is 48.5 Å². The highest BCUT2D eigenvalue weighted by Crippen LogP contribution is 2.66. The fourth-order valence-corrected chi connectivity index (χ4v) is 7.04. The van der Waals surface area contributed by atoms with E-state index in [1.807, 2.05) is 18.4 Å². The Morgan fingerprint density at radius 3 is 2.44 bits per heavy atom. The molecular weight excluding hydrogens is 330 g/mol. The maximum Gasteiger partial charge on any atom is 0.292 e. The molecule has 4 bridgehead atoms. The fraction of sp³-hybridized carbons (Fsp3) is 0.480. The fourth-order valence-electron chi connectivity index (χ4n) is 7.04. The summed E-state index contributed by atoms with van der Waals surface area (Å²) in [6, 6.07) is 16.9. The zero-order valence-electron chi connectivity index (χ0n) is 16.1. The van der Waals surface area contributed by atoms with Gasteiger partial charge in [0.05, 0.1) is 0 Å². The van der Waals surface area contributed by atoms with E-state index in [1.54, 1.807) is 0 Å². The number of hydrogen-bond acceptors (Lipinski definition) is 2. The predicted molar refractivity (Wildman–Crippen MR) is 107 cm³/mol. The topological polar surface area (TPSA) is 33.0 Å². The Labute approximate surface area is 162 Å². The van der Waals surface area contributed by atoms with Gasteiger partial charge in [-0.2, -0.15) is 0 Å². The molecule has 2 nitrogen and oxygen atoms in total. The first-order chi connectivity index (χ1) is 13.2. The summed E-state index contributed by atoms with van der Waals surface area (Å²) in [5.74, 6) is 2.48. The Morgan fingerprint density at radius 2 is 1.78 bits per heavy atom. The molecule has 0 amide bonds. The normalized spacial score (nSPS) is 33.6. The predicted octanol–water partition coefficient (Wildman–Crippen LogP) is 6.46. The molecule has 0 aliphatic heterocycles. The minimum Gasteiger partial charge on any atom is -0.387 e. The molecule has 2 heteroatoms. The first kappa shape index (κ1) is 16.9. The summed E-state index contributed by atoms with van der Waals surface area (Å²) in [6.45, 7) is 2.40. The molecule has 0 spiro atoms. The minimum atomic E-state index is 0.328. The number of ether oxygens (including phenoxy) is 1. The summed E-state index contributed by atoms with van der Waals surface area (Å²) in [7, 11) is 0. The lowest BCUT2D eigenvalue weighted by molar-refractivity contribution is -0.0738. The highest BCUT2D eigenvalue weighted by Gasteiger charge is 2.57. The van der Waals surface area contributed by atoms with Crippen molar-refractivity contribution in [2.45, 2.75) is 57.3 Å². The third kappa shape index (κ3) is 2.67. The van der Waals surface area contributed by atoms with Gasteiger partial charge >= 0.3 is 0 Å². The summed E-state index contributed by atoms with van der Waals surface area (Å²) < 4.78 is 5.31. The average molecular weight is 357 g/mol. The van der Waals surface area contributed by atoms with Crippen molar-refractivity contribution < 1.29 is 4.74 Å². The maximum atomic E-state index is 9.08. The molecule has 0 aromatic heterocycles. The first-order valence-corrected chi connectivity index (χ1v) is 10.4. The zero-order valence-corrected chi connectivity index (χ0v) is 16.1. The summed E-state index contributed by atoms with van der Waals surface area (Å²) in [5, 5.41) is 9.08. The van der Waals surface area contributed by atoms with Crippen molar-refractivity contribution >= 4 is 0 Å². The lowest BCUT2D eigenvalue weighted by Gasteiger charge is -2.62. The van der Waals surface area contributed by atoms with E-state index in [0.717, 1.165) is 23.0 Å². The van der Waals surface area contributed by atoms with Gasteiger partial charge in [-0.3, -0.25) is 0 Å². The Hall–Kier alpha value is -2.27. The van der Waals surface area contributed by atoms with Crippen LogP contribution in [0.5, 0.6) is 5.75 Å².